The summed E-state index contributed by atoms with van der Waals surface area (Å²) in [6.07, 6.45) is 1.44. The van der Waals surface area contributed by atoms with Crippen LogP contribution in [-0.4, -0.2) is 43.9 Å². The monoisotopic (exact) mass is 310 g/mol. The molecule has 23 heavy (non-hydrogen) atoms. The van der Waals surface area contributed by atoms with Gasteiger partial charge in [-0.05, 0) is 11.3 Å². The smallest absolute Gasteiger partial charge is 0.356 e. The number of aromatic amines is 2. The van der Waals surface area contributed by atoms with Crippen LogP contribution in [-0.2, 0) is 4.74 Å². The third-order valence-corrected chi connectivity index (χ3v) is 3.05. The lowest BCUT2D eigenvalue weighted by Gasteiger charge is -2.02. The van der Waals surface area contributed by atoms with Crippen LogP contribution in [0.3, 0.4) is 0 Å². The lowest BCUT2D eigenvalue weighted by molar-refractivity contribution is 0.0596. The van der Waals surface area contributed by atoms with Crippen molar-refractivity contribution in [1.82, 2.24) is 30.8 Å². The molecular formula is C13H10N8O2. The molecule has 0 aliphatic carbocycles. The van der Waals surface area contributed by atoms with E-state index in [-0.39, 0.29) is 17.1 Å². The number of carbonyl (C=O) groups excluding carboxylic acids is 1. The summed E-state index contributed by atoms with van der Waals surface area (Å²) in [6.45, 7) is 0. The highest BCUT2D eigenvalue weighted by atomic mass is 16.5. The first-order chi connectivity index (χ1) is 11.2. The number of H-pyrrole nitrogens is 2. The van der Waals surface area contributed by atoms with Gasteiger partial charge in [0.25, 0.3) is 0 Å². The minimum atomic E-state index is -0.510. The maximum absolute atomic E-state index is 11.7. The van der Waals surface area contributed by atoms with Crippen molar-refractivity contribution in [3.63, 3.8) is 0 Å². The van der Waals surface area contributed by atoms with Crippen molar-refractivity contribution in [3.8, 4) is 6.07 Å². The lowest BCUT2D eigenvalue weighted by Crippen LogP contribution is -2.01. The molecule has 0 spiro atoms. The van der Waals surface area contributed by atoms with Crippen molar-refractivity contribution in [2.75, 3.05) is 12.4 Å². The highest BCUT2D eigenvalue weighted by Crippen LogP contribution is 2.24. The molecule has 0 saturated heterocycles. The van der Waals surface area contributed by atoms with E-state index in [9.17, 15) is 4.79 Å². The number of ether oxygens (including phenoxy) is 1. The highest BCUT2D eigenvalue weighted by Gasteiger charge is 2.15. The molecule has 2 heterocycles. The standard InChI is InChI=1S/C13H10N8O2/c1-23-13(22)11-8-3-2-4-9(10(8)16-17-11)15-6-7(5-14)12-18-20-21-19-12/h2-4,6,15H,1H3,(H,16,17)(H,18,19,20,21). The van der Waals surface area contributed by atoms with E-state index in [1.54, 1.807) is 18.2 Å². The SMILES string of the molecule is COC(=O)c1[nH]nc2c(NC=C(C#N)c3nn[nH]n3)cccc12. The molecule has 0 saturated carbocycles. The first-order valence-electron chi connectivity index (χ1n) is 6.40. The fraction of sp³-hybridized carbons (Fsp3) is 0.0769. The maximum atomic E-state index is 11.7. The number of para-hydroxylation sites is 1. The van der Waals surface area contributed by atoms with Crippen molar-refractivity contribution in [3.05, 3.63) is 35.9 Å². The summed E-state index contributed by atoms with van der Waals surface area (Å²) in [4.78, 5) is 11.7. The zero-order valence-electron chi connectivity index (χ0n) is 11.9. The first kappa shape index (κ1) is 14.2. The Morgan fingerprint density at radius 2 is 2.30 bits per heavy atom. The second kappa shape index (κ2) is 5.94. The van der Waals surface area contributed by atoms with E-state index in [1.807, 2.05) is 6.07 Å². The molecule has 0 amide bonds. The minimum absolute atomic E-state index is 0.171. The summed E-state index contributed by atoms with van der Waals surface area (Å²) >= 11 is 0. The van der Waals surface area contributed by atoms with Gasteiger partial charge in [0.15, 0.2) is 5.69 Å². The van der Waals surface area contributed by atoms with Gasteiger partial charge in [-0.25, -0.2) is 4.79 Å². The van der Waals surface area contributed by atoms with Crippen LogP contribution in [0.2, 0.25) is 0 Å². The Morgan fingerprint density at radius 3 is 3.00 bits per heavy atom. The van der Waals surface area contributed by atoms with E-state index in [0.717, 1.165) is 0 Å². The van der Waals surface area contributed by atoms with Gasteiger partial charge in [0, 0.05) is 11.6 Å². The van der Waals surface area contributed by atoms with Gasteiger partial charge >= 0.3 is 5.97 Å². The number of methoxy groups -OCH3 is 1. The van der Waals surface area contributed by atoms with Gasteiger partial charge in [-0.2, -0.15) is 15.6 Å². The summed E-state index contributed by atoms with van der Waals surface area (Å²) in [6, 6.07) is 7.21. The molecule has 2 aromatic heterocycles. The largest absolute Gasteiger partial charge is 0.464 e. The van der Waals surface area contributed by atoms with Crippen molar-refractivity contribution in [2.24, 2.45) is 0 Å². The quantitative estimate of drug-likeness (QED) is 0.474. The molecule has 0 aliphatic heterocycles. The van der Waals surface area contributed by atoms with E-state index in [4.69, 9.17) is 10.00 Å². The summed E-state index contributed by atoms with van der Waals surface area (Å²) < 4.78 is 4.69. The number of aromatic nitrogens is 6. The van der Waals surface area contributed by atoms with Gasteiger partial charge in [0.05, 0.1) is 12.8 Å². The van der Waals surface area contributed by atoms with Crippen LogP contribution < -0.4 is 5.32 Å². The number of hydrogen-bond donors (Lipinski definition) is 3. The Balaban J connectivity index is 1.97. The van der Waals surface area contributed by atoms with Crippen molar-refractivity contribution >= 4 is 28.1 Å². The number of nitrogens with one attached hydrogen (secondary N) is 3. The zero-order valence-corrected chi connectivity index (χ0v) is 11.9. The first-order valence-corrected chi connectivity index (χ1v) is 6.40. The van der Waals surface area contributed by atoms with Crippen LogP contribution in [0.1, 0.15) is 16.3 Å². The van der Waals surface area contributed by atoms with Crippen LogP contribution >= 0.6 is 0 Å². The van der Waals surface area contributed by atoms with Crippen LogP contribution in [0, 0.1) is 11.3 Å². The van der Waals surface area contributed by atoms with Crippen molar-refractivity contribution < 1.29 is 9.53 Å². The molecule has 10 nitrogen and oxygen atoms in total. The number of hydrogen-bond acceptors (Lipinski definition) is 8. The van der Waals surface area contributed by atoms with E-state index in [0.29, 0.717) is 16.6 Å². The number of fused-ring (bicyclic) bond motifs is 1. The summed E-state index contributed by atoms with van der Waals surface area (Å²) in [7, 11) is 1.30. The van der Waals surface area contributed by atoms with Gasteiger partial charge in [0.1, 0.15) is 17.2 Å². The minimum Gasteiger partial charge on any atom is -0.464 e. The average Bonchev–Trinajstić information content (AvgIpc) is 3.24. The second-order valence-electron chi connectivity index (χ2n) is 4.34. The van der Waals surface area contributed by atoms with Gasteiger partial charge in [-0.1, -0.05) is 12.1 Å². The Kier molecular flexibility index (Phi) is 3.67. The zero-order chi connectivity index (χ0) is 16.2. The topological polar surface area (TPSA) is 145 Å². The van der Waals surface area contributed by atoms with Crippen molar-refractivity contribution in [2.45, 2.75) is 0 Å². The summed E-state index contributed by atoms with van der Waals surface area (Å²) in [5, 5.41) is 32.6. The van der Waals surface area contributed by atoms with Crippen molar-refractivity contribution in [1.29, 1.82) is 5.26 Å². The molecule has 10 heteroatoms. The van der Waals surface area contributed by atoms with Crippen LogP contribution in [0.4, 0.5) is 5.69 Å². The third-order valence-electron chi connectivity index (χ3n) is 3.05. The number of tetrazole rings is 1. The molecule has 0 atom stereocenters. The molecule has 3 N–H and O–H groups in total. The number of nitriles is 1. The van der Waals surface area contributed by atoms with Crippen LogP contribution in [0.25, 0.3) is 16.5 Å². The third kappa shape index (κ3) is 2.58. The lowest BCUT2D eigenvalue weighted by atomic mass is 10.2. The fourth-order valence-corrected chi connectivity index (χ4v) is 1.98. The number of rotatable bonds is 4. The number of allylic oxidation sites excluding steroid dienone is 1. The van der Waals surface area contributed by atoms with E-state index in [2.05, 4.69) is 36.1 Å². The Morgan fingerprint density at radius 1 is 1.43 bits per heavy atom. The number of benzene rings is 1. The van der Waals surface area contributed by atoms with Gasteiger partial charge in [0.2, 0.25) is 5.82 Å². The Labute approximate surface area is 129 Å². The summed E-state index contributed by atoms with van der Waals surface area (Å²) in [5.74, 6) is -0.339. The van der Waals surface area contributed by atoms with E-state index in [1.165, 1.54) is 13.3 Å². The van der Waals surface area contributed by atoms with Crippen LogP contribution in [0.15, 0.2) is 24.4 Å². The molecule has 0 unspecified atom stereocenters. The number of carbonyl (C=O) groups is 1. The molecule has 3 aromatic rings. The number of nitrogens with zero attached hydrogens (tertiary/aromatic N) is 5. The molecule has 0 fully saturated rings. The average molecular weight is 310 g/mol. The predicted molar refractivity (Wildman–Crippen MR) is 78.8 cm³/mol. The highest BCUT2D eigenvalue weighted by molar-refractivity contribution is 6.05. The Hall–Kier alpha value is -3.74. The molecule has 1 aromatic carbocycles. The predicted octanol–water partition coefficient (Wildman–Crippen LogP) is 0.839. The molecule has 0 aliphatic rings. The molecule has 3 rings (SSSR count). The molecule has 0 bridgehead atoms. The van der Waals surface area contributed by atoms with E-state index < -0.39 is 5.97 Å². The van der Waals surface area contributed by atoms with Gasteiger partial charge < -0.3 is 10.1 Å². The maximum Gasteiger partial charge on any atom is 0.356 e. The van der Waals surface area contributed by atoms with Gasteiger partial charge in [-0.3, -0.25) is 5.10 Å². The molecular weight excluding hydrogens is 300 g/mol. The second-order valence-corrected chi connectivity index (χ2v) is 4.34. The van der Waals surface area contributed by atoms with Gasteiger partial charge in [-0.15, -0.1) is 10.2 Å². The number of esters is 1. The fourth-order valence-electron chi connectivity index (χ4n) is 1.98. The molecule has 114 valence electrons. The number of anilines is 1. The summed E-state index contributed by atoms with van der Waals surface area (Å²) in [5.41, 5.74) is 1.59. The van der Waals surface area contributed by atoms with E-state index >= 15 is 0 Å². The Bertz CT molecular complexity index is 919. The molecule has 0 radical (unpaired) electrons. The normalized spacial score (nSPS) is 11.2. The van der Waals surface area contributed by atoms with Crippen LogP contribution in [0.5, 0.6) is 0 Å².